The Bertz CT molecular complexity index is 516. The highest BCUT2D eigenvalue weighted by atomic mass is 16.5. The summed E-state index contributed by atoms with van der Waals surface area (Å²) in [6.07, 6.45) is 1.23. The van der Waals surface area contributed by atoms with Crippen molar-refractivity contribution >= 4 is 17.6 Å². The Balaban J connectivity index is 1.93. The van der Waals surface area contributed by atoms with Gasteiger partial charge in [0.05, 0.1) is 20.1 Å². The van der Waals surface area contributed by atoms with Gasteiger partial charge in [-0.05, 0) is 24.6 Å². The number of carbonyl (C=O) groups excluding carboxylic acids is 2. The molecule has 2 rings (SSSR count). The maximum absolute atomic E-state index is 12.5. The fraction of sp³-hybridized carbons (Fsp3) is 0.500. The third-order valence-electron chi connectivity index (χ3n) is 3.85. The first-order valence-electron chi connectivity index (χ1n) is 7.33. The van der Waals surface area contributed by atoms with E-state index in [9.17, 15) is 9.59 Å². The summed E-state index contributed by atoms with van der Waals surface area (Å²) in [6, 6.07) is 8.02. The fourth-order valence-electron chi connectivity index (χ4n) is 2.57. The molecule has 0 fully saturated rings. The van der Waals surface area contributed by atoms with Gasteiger partial charge in [-0.2, -0.15) is 0 Å². The summed E-state index contributed by atoms with van der Waals surface area (Å²) >= 11 is 0. The largest absolute Gasteiger partial charge is 0.469 e. The fourth-order valence-corrected chi connectivity index (χ4v) is 2.57. The van der Waals surface area contributed by atoms with Gasteiger partial charge in [-0.3, -0.25) is 14.5 Å². The number of nitrogens with zero attached hydrogens (tertiary/aromatic N) is 2. The first-order valence-corrected chi connectivity index (χ1v) is 7.33. The van der Waals surface area contributed by atoms with Crippen LogP contribution in [0.15, 0.2) is 24.3 Å². The molecule has 5 heteroatoms. The molecule has 5 nitrogen and oxygen atoms in total. The van der Waals surface area contributed by atoms with Crippen molar-refractivity contribution in [1.82, 2.24) is 4.90 Å². The van der Waals surface area contributed by atoms with Crippen LogP contribution in [0.5, 0.6) is 0 Å². The van der Waals surface area contributed by atoms with Crippen LogP contribution in [0, 0.1) is 0 Å². The van der Waals surface area contributed by atoms with Crippen LogP contribution in [0.3, 0.4) is 0 Å². The number of benzene rings is 1. The highest BCUT2D eigenvalue weighted by Crippen LogP contribution is 2.27. The number of methoxy groups -OCH3 is 1. The predicted molar refractivity (Wildman–Crippen MR) is 81.2 cm³/mol. The number of esters is 1. The van der Waals surface area contributed by atoms with Crippen LogP contribution in [0.4, 0.5) is 5.69 Å². The Morgan fingerprint density at radius 3 is 2.81 bits per heavy atom. The molecule has 0 aliphatic carbocycles. The molecule has 21 heavy (non-hydrogen) atoms. The van der Waals surface area contributed by atoms with Gasteiger partial charge >= 0.3 is 5.97 Å². The minimum Gasteiger partial charge on any atom is -0.469 e. The van der Waals surface area contributed by atoms with Gasteiger partial charge in [0.1, 0.15) is 0 Å². The van der Waals surface area contributed by atoms with E-state index >= 15 is 0 Å². The van der Waals surface area contributed by atoms with Crippen LogP contribution in [0.2, 0.25) is 0 Å². The number of hydrogen-bond acceptors (Lipinski definition) is 4. The number of anilines is 1. The molecule has 1 heterocycles. The number of likely N-dealkylation sites (N-methyl/N-ethyl adjacent to an activating group) is 1. The van der Waals surface area contributed by atoms with Gasteiger partial charge in [0.25, 0.3) is 0 Å². The van der Waals surface area contributed by atoms with Crippen LogP contribution in [0.1, 0.15) is 18.9 Å². The summed E-state index contributed by atoms with van der Waals surface area (Å²) in [5.41, 5.74) is 2.25. The van der Waals surface area contributed by atoms with E-state index in [4.69, 9.17) is 0 Å². The summed E-state index contributed by atoms with van der Waals surface area (Å²) in [6.45, 7) is 4.35. The van der Waals surface area contributed by atoms with Crippen molar-refractivity contribution in [3.8, 4) is 0 Å². The quantitative estimate of drug-likeness (QED) is 0.744. The average molecular weight is 290 g/mol. The molecule has 1 amide bonds. The van der Waals surface area contributed by atoms with Crippen molar-refractivity contribution in [1.29, 1.82) is 0 Å². The Kier molecular flexibility index (Phi) is 5.33. The number of carbonyl (C=O) groups is 2. The van der Waals surface area contributed by atoms with Crippen LogP contribution in [-0.4, -0.2) is 50.1 Å². The van der Waals surface area contributed by atoms with E-state index in [1.54, 1.807) is 0 Å². The molecule has 0 unspecified atom stereocenters. The van der Waals surface area contributed by atoms with E-state index in [1.807, 2.05) is 34.9 Å². The maximum atomic E-state index is 12.5. The molecule has 0 N–H and O–H groups in total. The topological polar surface area (TPSA) is 49.9 Å². The van der Waals surface area contributed by atoms with Crippen molar-refractivity contribution in [2.24, 2.45) is 0 Å². The lowest BCUT2D eigenvalue weighted by Gasteiger charge is -2.23. The van der Waals surface area contributed by atoms with E-state index in [2.05, 4.69) is 10.8 Å². The van der Waals surface area contributed by atoms with Crippen LogP contribution in [-0.2, 0) is 20.7 Å². The van der Waals surface area contributed by atoms with Crippen LogP contribution in [0.25, 0.3) is 0 Å². The highest BCUT2D eigenvalue weighted by Gasteiger charge is 2.25. The van der Waals surface area contributed by atoms with Crippen molar-refractivity contribution in [2.45, 2.75) is 19.8 Å². The Morgan fingerprint density at radius 1 is 1.33 bits per heavy atom. The SMILES string of the molecule is CCN(CCC(=O)OC)CC(=O)N1CCc2ccccc21. The number of rotatable bonds is 6. The van der Waals surface area contributed by atoms with Crippen LogP contribution < -0.4 is 4.90 Å². The van der Waals surface area contributed by atoms with Gasteiger partial charge < -0.3 is 9.64 Å². The lowest BCUT2D eigenvalue weighted by Crippen LogP contribution is -2.40. The number of ether oxygens (including phenoxy) is 1. The Hall–Kier alpha value is -1.88. The molecule has 1 aliphatic heterocycles. The molecule has 0 radical (unpaired) electrons. The summed E-state index contributed by atoms with van der Waals surface area (Å²) in [5.74, 6) is -0.154. The summed E-state index contributed by atoms with van der Waals surface area (Å²) < 4.78 is 4.64. The van der Waals surface area contributed by atoms with Gasteiger partial charge in [0, 0.05) is 18.8 Å². The molecule has 0 saturated heterocycles. The predicted octanol–water partition coefficient (Wildman–Crippen LogP) is 1.46. The standard InChI is InChI=1S/C16H22N2O3/c1-3-17(10-9-16(20)21-2)12-15(19)18-11-8-13-6-4-5-7-14(13)18/h4-7H,3,8-12H2,1-2H3. The molecule has 1 aromatic rings. The second-order valence-corrected chi connectivity index (χ2v) is 5.12. The van der Waals surface area contributed by atoms with Gasteiger partial charge in [0.15, 0.2) is 0 Å². The second-order valence-electron chi connectivity index (χ2n) is 5.12. The number of fused-ring (bicyclic) bond motifs is 1. The Labute approximate surface area is 125 Å². The molecule has 1 aromatic carbocycles. The molecule has 114 valence electrons. The zero-order valence-corrected chi connectivity index (χ0v) is 12.7. The first kappa shape index (κ1) is 15.5. The molecule has 0 atom stereocenters. The monoisotopic (exact) mass is 290 g/mol. The molecule has 0 saturated carbocycles. The molecule has 0 aromatic heterocycles. The number of para-hydroxylation sites is 1. The zero-order chi connectivity index (χ0) is 15.2. The minimum absolute atomic E-state index is 0.0895. The summed E-state index contributed by atoms with van der Waals surface area (Å²) in [4.78, 5) is 27.5. The lowest BCUT2D eigenvalue weighted by molar-refractivity contribution is -0.141. The minimum atomic E-state index is -0.243. The normalized spacial score (nSPS) is 13.4. The van der Waals surface area contributed by atoms with Crippen LogP contribution >= 0.6 is 0 Å². The van der Waals surface area contributed by atoms with E-state index in [0.29, 0.717) is 19.5 Å². The molecule has 0 spiro atoms. The molecular formula is C16H22N2O3. The Morgan fingerprint density at radius 2 is 2.10 bits per heavy atom. The van der Waals surface area contributed by atoms with Gasteiger partial charge in [-0.1, -0.05) is 25.1 Å². The van der Waals surface area contributed by atoms with E-state index < -0.39 is 0 Å². The third kappa shape index (κ3) is 3.82. The molecular weight excluding hydrogens is 268 g/mol. The third-order valence-corrected chi connectivity index (χ3v) is 3.85. The summed E-state index contributed by atoms with van der Waals surface area (Å²) in [5, 5.41) is 0. The van der Waals surface area contributed by atoms with Gasteiger partial charge in [-0.25, -0.2) is 0 Å². The van der Waals surface area contributed by atoms with Gasteiger partial charge in [0.2, 0.25) is 5.91 Å². The maximum Gasteiger partial charge on any atom is 0.306 e. The number of hydrogen-bond donors (Lipinski definition) is 0. The van der Waals surface area contributed by atoms with Crippen molar-refractivity contribution < 1.29 is 14.3 Å². The van der Waals surface area contributed by atoms with E-state index in [1.165, 1.54) is 12.7 Å². The van der Waals surface area contributed by atoms with Gasteiger partial charge in [-0.15, -0.1) is 0 Å². The highest BCUT2D eigenvalue weighted by molar-refractivity contribution is 5.96. The molecule has 1 aliphatic rings. The smallest absolute Gasteiger partial charge is 0.306 e. The van der Waals surface area contributed by atoms with Crippen molar-refractivity contribution in [3.05, 3.63) is 29.8 Å². The van der Waals surface area contributed by atoms with E-state index in [-0.39, 0.29) is 11.9 Å². The van der Waals surface area contributed by atoms with Crippen molar-refractivity contribution in [2.75, 3.05) is 38.2 Å². The van der Waals surface area contributed by atoms with E-state index in [0.717, 1.165) is 25.2 Å². The molecule has 0 bridgehead atoms. The number of amides is 1. The summed E-state index contributed by atoms with van der Waals surface area (Å²) in [7, 11) is 1.38. The lowest BCUT2D eigenvalue weighted by atomic mass is 10.2. The first-order chi connectivity index (χ1) is 10.2. The average Bonchev–Trinajstić information content (AvgIpc) is 2.94. The van der Waals surface area contributed by atoms with Crippen molar-refractivity contribution in [3.63, 3.8) is 0 Å². The second kappa shape index (κ2) is 7.22. The zero-order valence-electron chi connectivity index (χ0n) is 12.7.